The largest absolute Gasteiger partial charge is 0.392 e. The molecule has 2 N–H and O–H groups in total. The highest BCUT2D eigenvalue weighted by molar-refractivity contribution is 7.80. The Morgan fingerprint density at radius 3 is 2.38 bits per heavy atom. The number of nitrogens with zero attached hydrogens (tertiary/aromatic N) is 1. The molecule has 0 saturated carbocycles. The summed E-state index contributed by atoms with van der Waals surface area (Å²) >= 11 is 4.79. The Morgan fingerprint density at radius 1 is 1.46 bits per heavy atom. The van der Waals surface area contributed by atoms with E-state index in [-0.39, 0.29) is 5.60 Å². The number of hydrogen-bond acceptors (Lipinski definition) is 3. The summed E-state index contributed by atoms with van der Waals surface area (Å²) in [6, 6.07) is 0. The third-order valence-corrected chi connectivity index (χ3v) is 1.56. The van der Waals surface area contributed by atoms with E-state index < -0.39 is 0 Å². The predicted molar refractivity (Wildman–Crippen MR) is 60.0 cm³/mol. The van der Waals surface area contributed by atoms with Gasteiger partial charge in [0.15, 0.2) is 0 Å². The first-order valence-electron chi connectivity index (χ1n) is 4.42. The molecule has 0 aliphatic heterocycles. The van der Waals surface area contributed by atoms with E-state index in [2.05, 4.69) is 0 Å². The maximum atomic E-state index is 5.56. The van der Waals surface area contributed by atoms with Crippen LogP contribution < -0.4 is 5.73 Å². The summed E-state index contributed by atoms with van der Waals surface area (Å²) in [5.41, 5.74) is 5.33. The number of likely N-dealkylation sites (N-methyl/N-ethyl adjacent to an activating group) is 1. The van der Waals surface area contributed by atoms with Crippen LogP contribution in [0.25, 0.3) is 0 Å². The van der Waals surface area contributed by atoms with Crippen molar-refractivity contribution in [1.82, 2.24) is 4.90 Å². The fourth-order valence-corrected chi connectivity index (χ4v) is 1.07. The van der Waals surface area contributed by atoms with Gasteiger partial charge in [-0.1, -0.05) is 12.2 Å². The lowest BCUT2D eigenvalue weighted by Gasteiger charge is -2.22. The Bertz CT molecular complexity index is 165. The molecule has 0 aliphatic rings. The van der Waals surface area contributed by atoms with E-state index in [1.165, 1.54) is 0 Å². The zero-order chi connectivity index (χ0) is 10.5. The summed E-state index contributed by atoms with van der Waals surface area (Å²) in [7, 11) is 1.98. The molecule has 0 radical (unpaired) electrons. The lowest BCUT2D eigenvalue weighted by Crippen LogP contribution is -2.33. The van der Waals surface area contributed by atoms with E-state index in [0.29, 0.717) is 18.1 Å². The number of nitrogens with two attached hydrogens (primary N) is 1. The van der Waals surface area contributed by atoms with Gasteiger partial charge in [0.2, 0.25) is 0 Å². The summed E-state index contributed by atoms with van der Waals surface area (Å²) < 4.78 is 5.56. The lowest BCUT2D eigenvalue weighted by atomic mass is 10.2. The average Bonchev–Trinajstić information content (AvgIpc) is 1.81. The second-order valence-electron chi connectivity index (χ2n) is 4.16. The molecule has 0 fully saturated rings. The molecule has 0 amide bonds. The summed E-state index contributed by atoms with van der Waals surface area (Å²) in [5.74, 6) is 0. The van der Waals surface area contributed by atoms with E-state index in [1.54, 1.807) is 0 Å². The quantitative estimate of drug-likeness (QED) is 0.679. The first-order chi connectivity index (χ1) is 5.81. The summed E-state index contributed by atoms with van der Waals surface area (Å²) in [6.45, 7) is 8.35. The molecule has 78 valence electrons. The second-order valence-corrected chi connectivity index (χ2v) is 4.69. The van der Waals surface area contributed by atoms with Crippen LogP contribution in [0.15, 0.2) is 0 Å². The van der Waals surface area contributed by atoms with E-state index in [1.807, 2.05) is 32.7 Å². The Labute approximate surface area is 86.2 Å². The number of hydrogen-bond donors (Lipinski definition) is 1. The van der Waals surface area contributed by atoms with Gasteiger partial charge in [0.25, 0.3) is 0 Å². The van der Waals surface area contributed by atoms with Crippen molar-refractivity contribution in [1.29, 1.82) is 0 Å². The molecule has 4 heteroatoms. The highest BCUT2D eigenvalue weighted by Gasteiger charge is 2.09. The maximum Gasteiger partial charge on any atom is 0.0869 e. The van der Waals surface area contributed by atoms with Gasteiger partial charge in [-0.2, -0.15) is 0 Å². The van der Waals surface area contributed by atoms with E-state index >= 15 is 0 Å². The Hall–Kier alpha value is -0.190. The molecule has 3 nitrogen and oxygen atoms in total. The average molecular weight is 204 g/mol. The zero-order valence-corrected chi connectivity index (χ0v) is 9.78. The summed E-state index contributed by atoms with van der Waals surface area (Å²) in [4.78, 5) is 2.58. The van der Waals surface area contributed by atoms with E-state index in [0.717, 1.165) is 6.54 Å². The Morgan fingerprint density at radius 2 is 2.00 bits per heavy atom. The van der Waals surface area contributed by atoms with Crippen molar-refractivity contribution in [2.24, 2.45) is 5.73 Å². The molecule has 0 spiro atoms. The normalized spacial score (nSPS) is 12.1. The third-order valence-electron chi connectivity index (χ3n) is 1.43. The van der Waals surface area contributed by atoms with Gasteiger partial charge < -0.3 is 10.5 Å². The van der Waals surface area contributed by atoms with Crippen LogP contribution in [0, 0.1) is 0 Å². The van der Waals surface area contributed by atoms with Gasteiger partial charge in [0.05, 0.1) is 17.2 Å². The Balaban J connectivity index is 3.48. The lowest BCUT2D eigenvalue weighted by molar-refractivity contribution is -0.00948. The van der Waals surface area contributed by atoms with Crippen molar-refractivity contribution >= 4 is 17.2 Å². The SMILES string of the molecule is CN(CCOC(C)(C)C)CC(N)=S. The third kappa shape index (κ3) is 9.73. The van der Waals surface area contributed by atoms with Crippen molar-refractivity contribution in [3.63, 3.8) is 0 Å². The molecule has 0 rings (SSSR count). The van der Waals surface area contributed by atoms with Crippen molar-refractivity contribution in [3.8, 4) is 0 Å². The molecular weight excluding hydrogens is 184 g/mol. The van der Waals surface area contributed by atoms with Crippen LogP contribution in [0.5, 0.6) is 0 Å². The summed E-state index contributed by atoms with van der Waals surface area (Å²) in [5, 5.41) is 0. The maximum absolute atomic E-state index is 5.56. The minimum absolute atomic E-state index is 0.0654. The van der Waals surface area contributed by atoms with Crippen LogP contribution in [0.3, 0.4) is 0 Å². The fourth-order valence-electron chi connectivity index (χ4n) is 0.853. The molecule has 0 bridgehead atoms. The van der Waals surface area contributed by atoms with Crippen LogP contribution in [0.4, 0.5) is 0 Å². The van der Waals surface area contributed by atoms with Gasteiger partial charge >= 0.3 is 0 Å². The topological polar surface area (TPSA) is 38.5 Å². The first-order valence-corrected chi connectivity index (χ1v) is 4.83. The molecule has 0 atom stereocenters. The molecule has 0 unspecified atom stereocenters. The molecule has 0 aromatic carbocycles. The molecular formula is C9H20N2OS. The van der Waals surface area contributed by atoms with Crippen molar-refractivity contribution < 1.29 is 4.74 Å². The van der Waals surface area contributed by atoms with Crippen LogP contribution in [0.1, 0.15) is 20.8 Å². The van der Waals surface area contributed by atoms with Gasteiger partial charge in [-0.3, -0.25) is 4.90 Å². The minimum Gasteiger partial charge on any atom is -0.392 e. The summed E-state index contributed by atoms with van der Waals surface area (Å²) in [6.07, 6.45) is 0. The first kappa shape index (κ1) is 12.8. The smallest absolute Gasteiger partial charge is 0.0869 e. The number of rotatable bonds is 5. The number of thiocarbonyl (C=S) groups is 1. The van der Waals surface area contributed by atoms with Crippen molar-refractivity contribution in [2.75, 3.05) is 26.7 Å². The predicted octanol–water partition coefficient (Wildman–Crippen LogP) is 1.02. The number of ether oxygens (including phenoxy) is 1. The van der Waals surface area contributed by atoms with Gasteiger partial charge in [-0.25, -0.2) is 0 Å². The second kappa shape index (κ2) is 5.52. The van der Waals surface area contributed by atoms with Crippen LogP contribution in [-0.2, 0) is 4.74 Å². The van der Waals surface area contributed by atoms with Gasteiger partial charge in [0.1, 0.15) is 0 Å². The van der Waals surface area contributed by atoms with Gasteiger partial charge in [-0.05, 0) is 27.8 Å². The van der Waals surface area contributed by atoms with Crippen molar-refractivity contribution in [3.05, 3.63) is 0 Å². The van der Waals surface area contributed by atoms with Crippen LogP contribution >= 0.6 is 12.2 Å². The standard InChI is InChI=1S/C9H20N2OS/c1-9(2,3)12-6-5-11(4)7-8(10)13/h5-7H2,1-4H3,(H2,10,13). The highest BCUT2D eigenvalue weighted by atomic mass is 32.1. The molecule has 0 aromatic heterocycles. The van der Waals surface area contributed by atoms with E-state index in [9.17, 15) is 0 Å². The molecule has 0 saturated heterocycles. The molecule has 0 aromatic rings. The minimum atomic E-state index is -0.0654. The van der Waals surface area contributed by atoms with Crippen molar-refractivity contribution in [2.45, 2.75) is 26.4 Å². The van der Waals surface area contributed by atoms with Gasteiger partial charge in [0, 0.05) is 13.1 Å². The van der Waals surface area contributed by atoms with E-state index in [4.69, 9.17) is 22.7 Å². The fraction of sp³-hybridized carbons (Fsp3) is 0.889. The molecule has 0 aliphatic carbocycles. The molecule has 13 heavy (non-hydrogen) atoms. The molecule has 0 heterocycles. The zero-order valence-electron chi connectivity index (χ0n) is 8.96. The Kier molecular flexibility index (Phi) is 5.44. The van der Waals surface area contributed by atoms with Crippen LogP contribution in [0.2, 0.25) is 0 Å². The van der Waals surface area contributed by atoms with Crippen LogP contribution in [-0.4, -0.2) is 42.2 Å². The highest BCUT2D eigenvalue weighted by Crippen LogP contribution is 2.05. The van der Waals surface area contributed by atoms with Gasteiger partial charge in [-0.15, -0.1) is 0 Å². The monoisotopic (exact) mass is 204 g/mol.